The number of alkyl halides is 3. The number of nitriles is 1. The van der Waals surface area contributed by atoms with Crippen LogP contribution in [0.3, 0.4) is 0 Å². The topological polar surface area (TPSA) is 96.6 Å². The Kier molecular flexibility index (Phi) is 7.08. The Balaban J connectivity index is 1.55. The molecule has 0 bridgehead atoms. The number of benzene rings is 2. The third-order valence-corrected chi connectivity index (χ3v) is 6.63. The smallest absolute Gasteiger partial charge is 0.415 e. The maximum absolute atomic E-state index is 15.3. The molecule has 2 aliphatic rings. The van der Waals surface area contributed by atoms with Crippen molar-refractivity contribution >= 4 is 23.8 Å². The van der Waals surface area contributed by atoms with Crippen molar-refractivity contribution in [3.63, 3.8) is 0 Å². The zero-order valence-electron chi connectivity index (χ0n) is 20.5. The van der Waals surface area contributed by atoms with E-state index in [4.69, 9.17) is 14.7 Å². The minimum atomic E-state index is -4.81. The first kappa shape index (κ1) is 27.0. The molecule has 0 spiro atoms. The number of ether oxygens (including phenoxy) is 2. The second kappa shape index (κ2) is 10.5. The van der Waals surface area contributed by atoms with Crippen LogP contribution in [0.25, 0.3) is 11.9 Å². The standard InChI is InChI=1S/C28H19F5N4O3/c29-21-8-6-16(11-22(30)23-9-7-17(12-34)13-35-23)10-19(21)27-15-40-24(28(31,32)33)20(27)14-39-26(37-27)36-25(38)18-4-2-1-3-5-18/h1-11,13,20,24H,14-15H2,(H,36,37,38)/b22-11-/t20-,24+,27-/m0/s1. The van der Waals surface area contributed by atoms with Crippen LogP contribution in [0, 0.1) is 23.1 Å². The fourth-order valence-corrected chi connectivity index (χ4v) is 4.68. The van der Waals surface area contributed by atoms with Gasteiger partial charge in [0.1, 0.15) is 23.3 Å². The second-order valence-corrected chi connectivity index (χ2v) is 9.13. The number of nitrogens with one attached hydrogen (secondary N) is 1. The predicted octanol–water partition coefficient (Wildman–Crippen LogP) is 5.15. The normalized spacial score (nSPS) is 22.5. The van der Waals surface area contributed by atoms with Gasteiger partial charge in [0.2, 0.25) is 0 Å². The Morgan fingerprint density at radius 3 is 2.60 bits per heavy atom. The molecule has 3 aromatic rings. The summed E-state index contributed by atoms with van der Waals surface area (Å²) < 4.78 is 82.3. The first-order valence-corrected chi connectivity index (χ1v) is 11.9. The van der Waals surface area contributed by atoms with Gasteiger partial charge in [-0.3, -0.25) is 15.1 Å². The van der Waals surface area contributed by atoms with Gasteiger partial charge >= 0.3 is 6.18 Å². The van der Waals surface area contributed by atoms with E-state index in [-0.39, 0.29) is 27.9 Å². The number of aromatic nitrogens is 1. The van der Waals surface area contributed by atoms with Gasteiger partial charge in [-0.05, 0) is 48.0 Å². The van der Waals surface area contributed by atoms with E-state index >= 15 is 4.39 Å². The molecular formula is C28H19F5N4O3. The number of carbonyl (C=O) groups is 1. The molecule has 1 N–H and O–H groups in total. The number of halogens is 5. The zero-order chi connectivity index (χ0) is 28.5. The highest BCUT2D eigenvalue weighted by Gasteiger charge is 2.62. The van der Waals surface area contributed by atoms with Gasteiger partial charge in [-0.25, -0.2) is 13.8 Å². The largest absolute Gasteiger partial charge is 0.464 e. The van der Waals surface area contributed by atoms with Crippen LogP contribution >= 0.6 is 0 Å². The summed E-state index contributed by atoms with van der Waals surface area (Å²) in [6.45, 7) is -1.25. The molecule has 5 rings (SSSR count). The highest BCUT2D eigenvalue weighted by atomic mass is 19.4. The van der Waals surface area contributed by atoms with Crippen molar-refractivity contribution in [1.82, 2.24) is 10.3 Å². The van der Waals surface area contributed by atoms with Gasteiger partial charge in [-0.1, -0.05) is 24.3 Å². The number of amides is 1. The number of nitrogens with zero attached hydrogens (tertiary/aromatic N) is 3. The molecular weight excluding hydrogens is 535 g/mol. The van der Waals surface area contributed by atoms with Crippen molar-refractivity contribution < 1.29 is 36.2 Å². The second-order valence-electron chi connectivity index (χ2n) is 9.13. The van der Waals surface area contributed by atoms with Gasteiger partial charge in [0, 0.05) is 17.3 Å². The number of hydrogen-bond acceptors (Lipinski definition) is 6. The van der Waals surface area contributed by atoms with E-state index in [0.717, 1.165) is 12.1 Å². The van der Waals surface area contributed by atoms with Crippen LogP contribution in [0.4, 0.5) is 22.0 Å². The fraction of sp³-hybridized carbons (Fsp3) is 0.214. The number of fused-ring (bicyclic) bond motifs is 1. The number of hydrogen-bond donors (Lipinski definition) is 1. The highest BCUT2D eigenvalue weighted by molar-refractivity contribution is 6.04. The monoisotopic (exact) mass is 554 g/mol. The Morgan fingerprint density at radius 1 is 1.15 bits per heavy atom. The van der Waals surface area contributed by atoms with Gasteiger partial charge in [-0.15, -0.1) is 0 Å². The molecule has 1 amide bonds. The van der Waals surface area contributed by atoms with Crippen molar-refractivity contribution in [3.05, 3.63) is 101 Å². The van der Waals surface area contributed by atoms with Crippen molar-refractivity contribution in [2.45, 2.75) is 17.8 Å². The van der Waals surface area contributed by atoms with E-state index < -0.39 is 60.5 Å². The summed E-state index contributed by atoms with van der Waals surface area (Å²) in [5, 5.41) is 11.3. The van der Waals surface area contributed by atoms with Crippen LogP contribution in [-0.4, -0.2) is 42.4 Å². The fourth-order valence-electron chi connectivity index (χ4n) is 4.68. The van der Waals surface area contributed by atoms with Gasteiger partial charge in [-0.2, -0.15) is 18.4 Å². The average Bonchev–Trinajstić information content (AvgIpc) is 3.35. The number of aliphatic imine (C=N–C) groups is 1. The SMILES string of the molecule is N#Cc1ccc(/C(F)=C/c2ccc(F)c([C@@]34CO[C@@H](C(F)(F)F)[C@@H]3COC(NC(=O)c3ccccc3)=N4)c2)nc1. The van der Waals surface area contributed by atoms with Crippen molar-refractivity contribution in [2.75, 3.05) is 13.2 Å². The first-order chi connectivity index (χ1) is 19.1. The molecule has 0 aliphatic carbocycles. The van der Waals surface area contributed by atoms with Crippen molar-refractivity contribution in [2.24, 2.45) is 10.9 Å². The zero-order valence-corrected chi connectivity index (χ0v) is 20.5. The Morgan fingerprint density at radius 2 is 1.93 bits per heavy atom. The summed E-state index contributed by atoms with van der Waals surface area (Å²) in [7, 11) is 0. The molecule has 1 saturated heterocycles. The Labute approximate surface area is 224 Å². The van der Waals surface area contributed by atoms with E-state index in [1.54, 1.807) is 18.2 Å². The van der Waals surface area contributed by atoms with E-state index in [9.17, 15) is 22.4 Å². The lowest BCUT2D eigenvalue weighted by Crippen LogP contribution is -2.50. The molecule has 2 aliphatic heterocycles. The van der Waals surface area contributed by atoms with Crippen LogP contribution in [0.5, 0.6) is 0 Å². The maximum Gasteiger partial charge on any atom is 0.415 e. The summed E-state index contributed by atoms with van der Waals surface area (Å²) >= 11 is 0. The van der Waals surface area contributed by atoms with Crippen molar-refractivity contribution in [3.8, 4) is 6.07 Å². The van der Waals surface area contributed by atoms with Crippen LogP contribution in [-0.2, 0) is 15.0 Å². The number of rotatable bonds is 4. The lowest BCUT2D eigenvalue weighted by Gasteiger charge is -2.37. The summed E-state index contributed by atoms with van der Waals surface area (Å²) in [5.41, 5.74) is -1.75. The molecule has 2 aromatic carbocycles. The summed E-state index contributed by atoms with van der Waals surface area (Å²) in [5.74, 6) is -3.85. The predicted molar refractivity (Wildman–Crippen MR) is 133 cm³/mol. The summed E-state index contributed by atoms with van der Waals surface area (Å²) in [4.78, 5) is 20.8. The van der Waals surface area contributed by atoms with E-state index in [2.05, 4.69) is 15.3 Å². The molecule has 7 nitrogen and oxygen atoms in total. The van der Waals surface area contributed by atoms with E-state index in [0.29, 0.717) is 0 Å². The number of amidine groups is 1. The van der Waals surface area contributed by atoms with Crippen LogP contribution in [0.2, 0.25) is 0 Å². The molecule has 3 heterocycles. The Hall–Kier alpha value is -4.63. The molecule has 0 unspecified atom stereocenters. The van der Waals surface area contributed by atoms with Crippen LogP contribution in [0.15, 0.2) is 71.9 Å². The number of carbonyl (C=O) groups excluding carboxylic acids is 1. The quantitative estimate of drug-likeness (QED) is 0.450. The molecule has 3 atom stereocenters. The van der Waals surface area contributed by atoms with Crippen LogP contribution in [0.1, 0.15) is 32.7 Å². The van der Waals surface area contributed by atoms with Gasteiger partial charge in [0.25, 0.3) is 11.9 Å². The third-order valence-electron chi connectivity index (χ3n) is 6.63. The third kappa shape index (κ3) is 5.15. The molecule has 40 heavy (non-hydrogen) atoms. The Bertz CT molecular complexity index is 1530. The molecule has 204 valence electrons. The van der Waals surface area contributed by atoms with Gasteiger partial charge in [0.15, 0.2) is 6.10 Å². The van der Waals surface area contributed by atoms with Gasteiger partial charge < -0.3 is 9.47 Å². The molecule has 1 fully saturated rings. The summed E-state index contributed by atoms with van der Waals surface area (Å²) in [6.07, 6.45) is -4.92. The van der Waals surface area contributed by atoms with E-state index in [1.165, 1.54) is 42.6 Å². The van der Waals surface area contributed by atoms with Crippen LogP contribution < -0.4 is 5.32 Å². The average molecular weight is 554 g/mol. The minimum Gasteiger partial charge on any atom is -0.464 e. The lowest BCUT2D eigenvalue weighted by atomic mass is 9.77. The molecule has 0 radical (unpaired) electrons. The van der Waals surface area contributed by atoms with E-state index in [1.807, 2.05) is 6.07 Å². The first-order valence-electron chi connectivity index (χ1n) is 11.9. The highest BCUT2D eigenvalue weighted by Crippen LogP contribution is 2.50. The minimum absolute atomic E-state index is 0.0998. The lowest BCUT2D eigenvalue weighted by molar-refractivity contribution is -0.219. The maximum atomic E-state index is 15.3. The number of pyridine rings is 1. The van der Waals surface area contributed by atoms with Gasteiger partial charge in [0.05, 0.1) is 30.4 Å². The molecule has 1 aromatic heterocycles. The van der Waals surface area contributed by atoms with Crippen molar-refractivity contribution in [1.29, 1.82) is 5.26 Å². The summed E-state index contributed by atoms with van der Waals surface area (Å²) in [6, 6.07) is 15.5. The molecule has 12 heteroatoms. The molecule has 0 saturated carbocycles.